The smallest absolute Gasteiger partial charge is 0.339 e. The molecule has 17 heavy (non-hydrogen) atoms. The molecule has 1 atom stereocenters. The molecule has 0 aromatic heterocycles. The van der Waals surface area contributed by atoms with Gasteiger partial charge in [0, 0.05) is 5.56 Å². The predicted octanol–water partition coefficient (Wildman–Crippen LogP) is 3.74. The number of hydrogen-bond acceptors (Lipinski definition) is 2. The van der Waals surface area contributed by atoms with Crippen LogP contribution in [0.4, 0.5) is 0 Å². The number of hydrogen-bond donors (Lipinski definition) is 0. The van der Waals surface area contributed by atoms with E-state index in [1.807, 2.05) is 36.4 Å². The fraction of sp³-hybridized carbons (Fsp3) is 0.0714. The molecular formula is C14H11O2S. The van der Waals surface area contributed by atoms with Gasteiger partial charge in [0.25, 0.3) is 0 Å². The molecule has 3 heteroatoms. The van der Waals surface area contributed by atoms with Gasteiger partial charge >= 0.3 is 5.97 Å². The molecule has 0 spiro atoms. The number of benzene rings is 2. The maximum Gasteiger partial charge on any atom is 0.339 e. The summed E-state index contributed by atoms with van der Waals surface area (Å²) in [5.41, 5.74) is 0.675. The quantitative estimate of drug-likeness (QED) is 0.768. The molecule has 2 aromatic carbocycles. The van der Waals surface area contributed by atoms with Crippen molar-refractivity contribution < 1.29 is 9.53 Å². The maximum atomic E-state index is 11.7. The summed E-state index contributed by atoms with van der Waals surface area (Å²) in [4.78, 5) is 11.7. The van der Waals surface area contributed by atoms with Gasteiger partial charge in [-0.25, -0.2) is 4.79 Å². The van der Waals surface area contributed by atoms with Crippen LogP contribution < -0.4 is 0 Å². The molecule has 0 saturated heterocycles. The van der Waals surface area contributed by atoms with Crippen LogP contribution in [0.1, 0.15) is 21.4 Å². The molecule has 1 radical (unpaired) electrons. The SMILES string of the molecule is O=C(OC([S])c1ccccc1)c1ccccc1. The average molecular weight is 243 g/mol. The highest BCUT2D eigenvalue weighted by Gasteiger charge is 2.13. The maximum absolute atomic E-state index is 11.7. The third-order valence-corrected chi connectivity index (χ3v) is 2.66. The van der Waals surface area contributed by atoms with E-state index in [1.165, 1.54) is 0 Å². The minimum Gasteiger partial charge on any atom is -0.442 e. The van der Waals surface area contributed by atoms with E-state index >= 15 is 0 Å². The first-order chi connectivity index (χ1) is 8.27. The van der Waals surface area contributed by atoms with Gasteiger partial charge in [0.2, 0.25) is 0 Å². The molecule has 0 aliphatic rings. The first-order valence-electron chi connectivity index (χ1n) is 5.24. The molecule has 2 rings (SSSR count). The van der Waals surface area contributed by atoms with Crippen molar-refractivity contribution in [2.24, 2.45) is 0 Å². The molecule has 2 aromatic rings. The van der Waals surface area contributed by atoms with Crippen molar-refractivity contribution >= 4 is 18.6 Å². The number of esters is 1. The molecule has 2 nitrogen and oxygen atoms in total. The minimum atomic E-state index is -0.649. The number of ether oxygens (including phenoxy) is 1. The van der Waals surface area contributed by atoms with Crippen LogP contribution in [-0.2, 0) is 4.74 Å². The second-order valence-electron chi connectivity index (χ2n) is 3.51. The second-order valence-corrected chi connectivity index (χ2v) is 3.94. The van der Waals surface area contributed by atoms with Gasteiger partial charge in [-0.1, -0.05) is 48.5 Å². The lowest BCUT2D eigenvalue weighted by molar-refractivity contribution is 0.0460. The van der Waals surface area contributed by atoms with Crippen LogP contribution in [0, 0.1) is 0 Å². The van der Waals surface area contributed by atoms with E-state index in [-0.39, 0.29) is 0 Å². The third kappa shape index (κ3) is 3.11. The summed E-state index contributed by atoms with van der Waals surface area (Å²) in [7, 11) is 0. The summed E-state index contributed by atoms with van der Waals surface area (Å²) in [5.74, 6) is -0.394. The Morgan fingerprint density at radius 2 is 1.47 bits per heavy atom. The lowest BCUT2D eigenvalue weighted by Crippen LogP contribution is -2.07. The van der Waals surface area contributed by atoms with Gasteiger partial charge in [0.15, 0.2) is 5.44 Å². The Balaban J connectivity index is 2.05. The van der Waals surface area contributed by atoms with E-state index in [4.69, 9.17) is 17.4 Å². The summed E-state index contributed by atoms with van der Waals surface area (Å²) in [5, 5.41) is 0. The highest BCUT2D eigenvalue weighted by Crippen LogP contribution is 2.22. The van der Waals surface area contributed by atoms with Crippen LogP contribution in [0.25, 0.3) is 0 Å². The summed E-state index contributed by atoms with van der Waals surface area (Å²) in [6.45, 7) is 0. The Hall–Kier alpha value is -1.74. The normalized spacial score (nSPS) is 11.8. The second kappa shape index (κ2) is 5.55. The van der Waals surface area contributed by atoms with E-state index in [2.05, 4.69) is 0 Å². The Morgan fingerprint density at radius 3 is 2.06 bits per heavy atom. The number of carbonyl (C=O) groups excluding carboxylic acids is 1. The van der Waals surface area contributed by atoms with Crippen molar-refractivity contribution in [1.29, 1.82) is 0 Å². The molecule has 0 amide bonds. The monoisotopic (exact) mass is 243 g/mol. The van der Waals surface area contributed by atoms with Crippen molar-refractivity contribution in [3.63, 3.8) is 0 Å². The molecule has 85 valence electrons. The van der Waals surface area contributed by atoms with E-state index in [1.54, 1.807) is 24.3 Å². The van der Waals surface area contributed by atoms with Gasteiger partial charge in [-0.05, 0) is 24.8 Å². The third-order valence-electron chi connectivity index (χ3n) is 2.30. The molecule has 0 saturated carbocycles. The molecule has 0 heterocycles. The average Bonchev–Trinajstić information content (AvgIpc) is 2.40. The van der Waals surface area contributed by atoms with E-state index in [9.17, 15) is 4.79 Å². The fourth-order valence-corrected chi connectivity index (χ4v) is 1.66. The number of carbonyl (C=O) groups is 1. The van der Waals surface area contributed by atoms with E-state index in [0.29, 0.717) is 5.56 Å². The molecule has 0 aliphatic heterocycles. The van der Waals surface area contributed by atoms with E-state index in [0.717, 1.165) is 5.56 Å². The molecule has 0 N–H and O–H groups in total. The van der Waals surface area contributed by atoms with Gasteiger partial charge < -0.3 is 4.74 Å². The van der Waals surface area contributed by atoms with Crippen molar-refractivity contribution in [3.05, 3.63) is 71.8 Å². The Bertz CT molecular complexity index is 482. The van der Waals surface area contributed by atoms with Crippen LogP contribution in [0.15, 0.2) is 60.7 Å². The van der Waals surface area contributed by atoms with Crippen LogP contribution in [0.2, 0.25) is 0 Å². The van der Waals surface area contributed by atoms with Gasteiger partial charge in [0.05, 0.1) is 5.56 Å². The van der Waals surface area contributed by atoms with Gasteiger partial charge in [-0.15, -0.1) is 0 Å². The van der Waals surface area contributed by atoms with Crippen molar-refractivity contribution in [2.75, 3.05) is 0 Å². The molecule has 1 unspecified atom stereocenters. The van der Waals surface area contributed by atoms with E-state index < -0.39 is 11.4 Å². The number of rotatable bonds is 3. The van der Waals surface area contributed by atoms with Crippen molar-refractivity contribution in [2.45, 2.75) is 5.44 Å². The first kappa shape index (κ1) is 11.7. The lowest BCUT2D eigenvalue weighted by atomic mass is 10.2. The topological polar surface area (TPSA) is 26.3 Å². The largest absolute Gasteiger partial charge is 0.442 e. The van der Waals surface area contributed by atoms with Gasteiger partial charge in [0.1, 0.15) is 0 Å². The first-order valence-corrected chi connectivity index (χ1v) is 5.71. The zero-order valence-corrected chi connectivity index (χ0v) is 9.89. The summed E-state index contributed by atoms with van der Waals surface area (Å²) in [6, 6.07) is 18.1. The fourth-order valence-electron chi connectivity index (χ4n) is 1.42. The molecule has 0 aliphatic carbocycles. The zero-order valence-electron chi connectivity index (χ0n) is 9.08. The molecular weight excluding hydrogens is 232 g/mol. The van der Waals surface area contributed by atoms with Gasteiger partial charge in [-0.2, -0.15) is 0 Å². The van der Waals surface area contributed by atoms with Crippen molar-refractivity contribution in [1.82, 2.24) is 0 Å². The van der Waals surface area contributed by atoms with Crippen molar-refractivity contribution in [3.8, 4) is 0 Å². The Morgan fingerprint density at radius 1 is 0.941 bits per heavy atom. The Kier molecular flexibility index (Phi) is 3.83. The predicted molar refractivity (Wildman–Crippen MR) is 68.6 cm³/mol. The van der Waals surface area contributed by atoms with Crippen LogP contribution in [0.3, 0.4) is 0 Å². The standard InChI is InChI=1S/C14H11O2S/c15-13(11-7-3-1-4-8-11)16-14(17)12-9-5-2-6-10-12/h1-10,14H. The minimum absolute atomic E-state index is 0.394. The van der Waals surface area contributed by atoms with Gasteiger partial charge in [-0.3, -0.25) is 0 Å². The zero-order chi connectivity index (χ0) is 12.1. The van der Waals surface area contributed by atoms with Crippen LogP contribution in [0.5, 0.6) is 0 Å². The Labute approximate surface area is 106 Å². The van der Waals surface area contributed by atoms with Crippen LogP contribution >= 0.6 is 12.6 Å². The summed E-state index contributed by atoms with van der Waals surface area (Å²) >= 11 is 5.14. The lowest BCUT2D eigenvalue weighted by Gasteiger charge is -2.11. The highest BCUT2D eigenvalue weighted by atomic mass is 32.1. The van der Waals surface area contributed by atoms with Crippen LogP contribution in [-0.4, -0.2) is 5.97 Å². The highest BCUT2D eigenvalue weighted by molar-refractivity contribution is 7.80. The molecule has 0 fully saturated rings. The summed E-state index contributed by atoms with van der Waals surface area (Å²) < 4.78 is 5.20. The molecule has 0 bridgehead atoms. The summed E-state index contributed by atoms with van der Waals surface area (Å²) in [6.07, 6.45) is 0.